The molecule has 27 heavy (non-hydrogen) atoms. The number of ether oxygens (including phenoxy) is 2. The van der Waals surface area contributed by atoms with Crippen LogP contribution in [0.15, 0.2) is 30.3 Å². The van der Waals surface area contributed by atoms with E-state index in [1.807, 2.05) is 30.3 Å². The molecule has 0 saturated carbocycles. The van der Waals surface area contributed by atoms with E-state index in [0.29, 0.717) is 0 Å². The van der Waals surface area contributed by atoms with Gasteiger partial charge in [0.25, 0.3) is 0 Å². The minimum atomic E-state index is -1.71. The Bertz CT molecular complexity index is 832. The fourth-order valence-electron chi connectivity index (χ4n) is 2.29. The van der Waals surface area contributed by atoms with Crippen LogP contribution < -0.4 is 0 Å². The van der Waals surface area contributed by atoms with Crippen molar-refractivity contribution in [2.75, 3.05) is 14.2 Å². The van der Waals surface area contributed by atoms with E-state index in [1.54, 1.807) is 6.92 Å². The maximum Gasteiger partial charge on any atom is 0.325 e. The molecule has 0 bridgehead atoms. The molecule has 0 heterocycles. The zero-order valence-corrected chi connectivity index (χ0v) is 15.9. The molecule has 5 nitrogen and oxygen atoms in total. The fourth-order valence-corrected chi connectivity index (χ4v) is 2.29. The Kier molecular flexibility index (Phi) is 8.15. The maximum absolute atomic E-state index is 12.4. The van der Waals surface area contributed by atoms with Crippen molar-refractivity contribution in [3.05, 3.63) is 35.9 Å². The van der Waals surface area contributed by atoms with Gasteiger partial charge in [-0.05, 0) is 26.0 Å². The number of methoxy groups -OCH3 is 2. The molecule has 0 radical (unpaired) electrons. The lowest BCUT2D eigenvalue weighted by Gasteiger charge is -2.24. The van der Waals surface area contributed by atoms with Crippen LogP contribution in [0.1, 0.15) is 32.3 Å². The lowest BCUT2D eigenvalue weighted by atomic mass is 9.81. The summed E-state index contributed by atoms with van der Waals surface area (Å²) in [4.78, 5) is 24.8. The van der Waals surface area contributed by atoms with Gasteiger partial charge in [0.15, 0.2) is 11.0 Å². The van der Waals surface area contributed by atoms with Crippen molar-refractivity contribution in [2.24, 2.45) is 5.41 Å². The summed E-state index contributed by atoms with van der Waals surface area (Å²) < 4.78 is 9.61. The van der Waals surface area contributed by atoms with Gasteiger partial charge in [0.2, 0.25) is 0 Å². The average Bonchev–Trinajstić information content (AvgIpc) is 2.66. The highest BCUT2D eigenvalue weighted by Gasteiger charge is 2.47. The predicted octanol–water partition coefficient (Wildman–Crippen LogP) is 1.93. The molecular weight excluding hydrogens is 344 g/mol. The summed E-state index contributed by atoms with van der Waals surface area (Å²) in [5, 5.41) is 10.0. The smallest absolute Gasteiger partial charge is 0.325 e. The van der Waals surface area contributed by atoms with Crippen LogP contribution in [-0.4, -0.2) is 36.9 Å². The van der Waals surface area contributed by atoms with E-state index in [-0.39, 0.29) is 12.8 Å². The zero-order valence-electron chi connectivity index (χ0n) is 15.9. The van der Waals surface area contributed by atoms with Crippen LogP contribution in [0.25, 0.3) is 0 Å². The van der Waals surface area contributed by atoms with E-state index in [4.69, 9.17) is 9.47 Å². The molecule has 0 aliphatic carbocycles. The molecule has 1 rings (SSSR count). The van der Waals surface area contributed by atoms with Gasteiger partial charge in [-0.25, -0.2) is 0 Å². The lowest BCUT2D eigenvalue weighted by Crippen LogP contribution is -2.41. The molecule has 140 valence electrons. The number of benzene rings is 1. The van der Waals surface area contributed by atoms with Crippen molar-refractivity contribution in [1.82, 2.24) is 0 Å². The van der Waals surface area contributed by atoms with E-state index in [2.05, 4.69) is 35.5 Å². The monoisotopic (exact) mass is 366 g/mol. The molecule has 1 atom stereocenters. The van der Waals surface area contributed by atoms with Crippen LogP contribution in [0.2, 0.25) is 0 Å². The Balaban J connectivity index is 3.24. The number of esters is 2. The highest BCUT2D eigenvalue weighted by atomic mass is 16.5. The highest BCUT2D eigenvalue weighted by Crippen LogP contribution is 2.30. The summed E-state index contributed by atoms with van der Waals surface area (Å²) in [6.07, 6.45) is -0.366. The Labute approximate surface area is 160 Å². The van der Waals surface area contributed by atoms with Gasteiger partial charge in [0.1, 0.15) is 0 Å². The number of hydrogen-bond donors (Lipinski definition) is 1. The summed E-state index contributed by atoms with van der Waals surface area (Å²) in [7, 11) is 2.35. The molecule has 1 aromatic rings. The number of aliphatic hydroxyl groups is 1. The van der Waals surface area contributed by atoms with Crippen molar-refractivity contribution in [3.8, 4) is 35.5 Å². The van der Waals surface area contributed by atoms with Crippen molar-refractivity contribution in [3.63, 3.8) is 0 Å². The van der Waals surface area contributed by atoms with Gasteiger partial charge in [-0.15, -0.1) is 5.92 Å². The second kappa shape index (κ2) is 10.1. The first-order chi connectivity index (χ1) is 12.8. The Morgan fingerprint density at radius 3 is 2.07 bits per heavy atom. The van der Waals surface area contributed by atoms with E-state index < -0.39 is 23.0 Å². The van der Waals surface area contributed by atoms with Gasteiger partial charge in [-0.3, -0.25) is 9.59 Å². The van der Waals surface area contributed by atoms with Crippen molar-refractivity contribution < 1.29 is 24.2 Å². The van der Waals surface area contributed by atoms with Gasteiger partial charge < -0.3 is 14.6 Å². The van der Waals surface area contributed by atoms with Crippen LogP contribution in [0.5, 0.6) is 0 Å². The summed E-state index contributed by atoms with van der Waals surface area (Å²) in [6.45, 7) is 2.99. The molecule has 0 spiro atoms. The molecule has 5 heteroatoms. The lowest BCUT2D eigenvalue weighted by molar-refractivity contribution is -0.168. The topological polar surface area (TPSA) is 72.8 Å². The number of rotatable bonds is 4. The van der Waals surface area contributed by atoms with E-state index >= 15 is 0 Å². The molecule has 0 saturated heterocycles. The van der Waals surface area contributed by atoms with E-state index in [1.165, 1.54) is 21.1 Å². The van der Waals surface area contributed by atoms with Crippen molar-refractivity contribution in [2.45, 2.75) is 32.3 Å². The first-order valence-electron chi connectivity index (χ1n) is 8.18. The summed E-state index contributed by atoms with van der Waals surface area (Å²) in [6, 6.07) is 9.15. The summed E-state index contributed by atoms with van der Waals surface area (Å²) in [5.74, 6) is 14.4. The molecule has 0 aliphatic heterocycles. The largest absolute Gasteiger partial charge is 0.468 e. The third kappa shape index (κ3) is 6.23. The second-order valence-corrected chi connectivity index (χ2v) is 5.84. The molecule has 0 fully saturated rings. The zero-order chi connectivity index (χ0) is 20.3. The fraction of sp³-hybridized carbons (Fsp3) is 0.364. The molecule has 0 aromatic heterocycles. The number of carbonyl (C=O) groups is 2. The first kappa shape index (κ1) is 21.8. The predicted molar refractivity (Wildman–Crippen MR) is 101 cm³/mol. The SMILES string of the molecule is CC#CC(C)(O)C#CCC(CC#Cc1ccccc1)(C(=O)OC)C(=O)OC. The molecule has 1 unspecified atom stereocenters. The van der Waals surface area contributed by atoms with Crippen molar-refractivity contribution in [1.29, 1.82) is 0 Å². The summed E-state index contributed by atoms with van der Waals surface area (Å²) in [5.41, 5.74) is -2.52. The first-order valence-corrected chi connectivity index (χ1v) is 8.18. The van der Waals surface area contributed by atoms with Crippen LogP contribution in [0.3, 0.4) is 0 Å². The van der Waals surface area contributed by atoms with Crippen LogP contribution in [0.4, 0.5) is 0 Å². The Morgan fingerprint density at radius 2 is 1.56 bits per heavy atom. The molecule has 0 aliphatic rings. The van der Waals surface area contributed by atoms with E-state index in [0.717, 1.165) is 5.56 Å². The number of carbonyl (C=O) groups excluding carboxylic acids is 2. The maximum atomic E-state index is 12.4. The van der Waals surface area contributed by atoms with E-state index in [9.17, 15) is 14.7 Å². The van der Waals surface area contributed by atoms with Gasteiger partial charge in [-0.2, -0.15) is 0 Å². The average molecular weight is 366 g/mol. The van der Waals surface area contributed by atoms with Crippen LogP contribution in [-0.2, 0) is 19.1 Å². The molecular formula is C22H22O5. The molecule has 0 amide bonds. The van der Waals surface area contributed by atoms with Gasteiger partial charge in [-0.1, -0.05) is 47.8 Å². The van der Waals surface area contributed by atoms with Gasteiger partial charge in [0.05, 0.1) is 14.2 Å². The van der Waals surface area contributed by atoms with Crippen LogP contribution in [0, 0.1) is 40.9 Å². The minimum Gasteiger partial charge on any atom is -0.468 e. The van der Waals surface area contributed by atoms with Crippen LogP contribution >= 0.6 is 0 Å². The molecule has 1 aromatic carbocycles. The summed E-state index contributed by atoms with van der Waals surface area (Å²) >= 11 is 0. The van der Waals surface area contributed by atoms with Gasteiger partial charge in [0, 0.05) is 18.4 Å². The third-order valence-electron chi connectivity index (χ3n) is 3.64. The Morgan fingerprint density at radius 1 is 1.00 bits per heavy atom. The van der Waals surface area contributed by atoms with Crippen molar-refractivity contribution >= 4 is 11.9 Å². The highest BCUT2D eigenvalue weighted by molar-refractivity contribution is 6.00. The minimum absolute atomic E-state index is 0.141. The number of hydrogen-bond acceptors (Lipinski definition) is 5. The standard InChI is InChI=1S/C22H22O5/c1-5-14-21(2,25)15-10-17-22(19(23)26-3,20(24)27-4)16-9-13-18-11-7-6-8-12-18/h6-8,11-12,25H,16-17H2,1-4H3. The Hall–Kier alpha value is -3.20. The second-order valence-electron chi connectivity index (χ2n) is 5.84. The normalized spacial score (nSPS) is 11.9. The van der Waals surface area contributed by atoms with Gasteiger partial charge >= 0.3 is 11.9 Å². The third-order valence-corrected chi connectivity index (χ3v) is 3.64. The molecule has 1 N–H and O–H groups in total. The quantitative estimate of drug-likeness (QED) is 0.501.